The number of nitrogens with one attached hydrogen (secondary N) is 1. The summed E-state index contributed by atoms with van der Waals surface area (Å²) in [7, 11) is 0. The zero-order valence-electron chi connectivity index (χ0n) is 5.64. The molecule has 3 heteroatoms. The van der Waals surface area contributed by atoms with Crippen LogP contribution in [-0.2, 0) is 0 Å². The molecule has 0 aromatic carbocycles. The third-order valence-corrected chi connectivity index (χ3v) is 2.13. The number of hydrogen-bond donors (Lipinski definition) is 2. The van der Waals surface area contributed by atoms with Crippen molar-refractivity contribution >= 4 is 17.2 Å². The second kappa shape index (κ2) is 1.92. The SMILES string of the molecule is C[C@@H]1C[C@@](C)(O)C(=S)N1. The van der Waals surface area contributed by atoms with Crippen LogP contribution >= 0.6 is 12.2 Å². The molecule has 1 fully saturated rings. The van der Waals surface area contributed by atoms with E-state index in [2.05, 4.69) is 5.32 Å². The van der Waals surface area contributed by atoms with Gasteiger partial charge in [0.2, 0.25) is 0 Å². The van der Waals surface area contributed by atoms with Gasteiger partial charge in [-0.2, -0.15) is 0 Å². The van der Waals surface area contributed by atoms with Gasteiger partial charge in [-0.05, 0) is 13.8 Å². The number of hydrogen-bond acceptors (Lipinski definition) is 2. The van der Waals surface area contributed by atoms with Gasteiger partial charge in [0.05, 0.1) is 0 Å². The Morgan fingerprint density at radius 2 is 2.44 bits per heavy atom. The van der Waals surface area contributed by atoms with Gasteiger partial charge in [0.1, 0.15) is 10.6 Å². The van der Waals surface area contributed by atoms with Crippen molar-refractivity contribution in [3.63, 3.8) is 0 Å². The van der Waals surface area contributed by atoms with Gasteiger partial charge < -0.3 is 10.4 Å². The maximum atomic E-state index is 9.43. The Morgan fingerprint density at radius 3 is 2.56 bits per heavy atom. The highest BCUT2D eigenvalue weighted by Crippen LogP contribution is 2.19. The second-order valence-electron chi connectivity index (χ2n) is 2.85. The average molecular weight is 145 g/mol. The van der Waals surface area contributed by atoms with E-state index in [-0.39, 0.29) is 0 Å². The summed E-state index contributed by atoms with van der Waals surface area (Å²) in [5.41, 5.74) is -0.755. The highest BCUT2D eigenvalue weighted by atomic mass is 32.1. The van der Waals surface area contributed by atoms with E-state index >= 15 is 0 Å². The van der Waals surface area contributed by atoms with Crippen LogP contribution in [0, 0.1) is 0 Å². The summed E-state index contributed by atoms with van der Waals surface area (Å²) in [6.07, 6.45) is 0.728. The van der Waals surface area contributed by atoms with Crippen LogP contribution in [0.3, 0.4) is 0 Å². The molecule has 0 bridgehead atoms. The summed E-state index contributed by atoms with van der Waals surface area (Å²) < 4.78 is 0. The lowest BCUT2D eigenvalue weighted by atomic mass is 10.0. The van der Waals surface area contributed by atoms with Gasteiger partial charge in [0.25, 0.3) is 0 Å². The summed E-state index contributed by atoms with van der Waals surface area (Å²) >= 11 is 4.87. The maximum absolute atomic E-state index is 9.43. The fourth-order valence-corrected chi connectivity index (χ4v) is 1.40. The van der Waals surface area contributed by atoms with E-state index in [0.29, 0.717) is 11.0 Å². The minimum Gasteiger partial charge on any atom is -0.383 e. The maximum Gasteiger partial charge on any atom is 0.114 e. The summed E-state index contributed by atoms with van der Waals surface area (Å²) in [6.45, 7) is 3.75. The number of rotatable bonds is 0. The van der Waals surface area contributed by atoms with Gasteiger partial charge in [-0.25, -0.2) is 0 Å². The first kappa shape index (κ1) is 6.96. The van der Waals surface area contributed by atoms with Crippen molar-refractivity contribution in [1.82, 2.24) is 5.32 Å². The van der Waals surface area contributed by atoms with E-state index in [1.165, 1.54) is 0 Å². The zero-order valence-corrected chi connectivity index (χ0v) is 6.46. The van der Waals surface area contributed by atoms with Crippen molar-refractivity contribution < 1.29 is 5.11 Å². The third-order valence-electron chi connectivity index (χ3n) is 1.57. The standard InChI is InChI=1S/C6H11NOS/c1-4-3-6(2,8)5(9)7-4/h4,8H,3H2,1-2H3,(H,7,9)/t4-,6-/m1/s1. The normalized spacial score (nSPS) is 43.0. The molecule has 2 N–H and O–H groups in total. The van der Waals surface area contributed by atoms with Crippen LogP contribution in [0.1, 0.15) is 20.3 Å². The first-order valence-corrected chi connectivity index (χ1v) is 3.46. The van der Waals surface area contributed by atoms with Crippen molar-refractivity contribution in [3.8, 4) is 0 Å². The summed E-state index contributed by atoms with van der Waals surface area (Å²) in [5, 5.41) is 12.4. The quantitative estimate of drug-likeness (QED) is 0.485. The third kappa shape index (κ3) is 1.22. The number of thiocarbonyl (C=S) groups is 1. The average Bonchev–Trinajstić information content (AvgIpc) is 1.79. The molecule has 0 saturated carbocycles. The summed E-state index contributed by atoms with van der Waals surface area (Å²) in [5.74, 6) is 0. The molecule has 1 rings (SSSR count). The van der Waals surface area contributed by atoms with Crippen molar-refractivity contribution in [2.24, 2.45) is 0 Å². The molecule has 2 nitrogen and oxygen atoms in total. The van der Waals surface area contributed by atoms with E-state index in [9.17, 15) is 5.11 Å². The molecule has 1 heterocycles. The summed E-state index contributed by atoms with van der Waals surface area (Å²) in [4.78, 5) is 0.579. The Labute approximate surface area is 60.3 Å². The van der Waals surface area contributed by atoms with Gasteiger partial charge in [-0.1, -0.05) is 12.2 Å². The molecule has 0 aromatic rings. The Bertz CT molecular complexity index is 144. The molecule has 0 aromatic heterocycles. The highest BCUT2D eigenvalue weighted by Gasteiger charge is 2.35. The minimum absolute atomic E-state index is 0.326. The van der Waals surface area contributed by atoms with E-state index in [1.54, 1.807) is 6.92 Å². The highest BCUT2D eigenvalue weighted by molar-refractivity contribution is 7.80. The van der Waals surface area contributed by atoms with Crippen LogP contribution in [0.15, 0.2) is 0 Å². The minimum atomic E-state index is -0.755. The Morgan fingerprint density at radius 1 is 1.89 bits per heavy atom. The molecule has 0 amide bonds. The molecular weight excluding hydrogens is 134 g/mol. The zero-order chi connectivity index (χ0) is 7.07. The molecule has 0 aliphatic carbocycles. The molecule has 1 aliphatic heterocycles. The van der Waals surface area contributed by atoms with Crippen LogP contribution in [-0.4, -0.2) is 21.7 Å². The Balaban J connectivity index is 2.70. The van der Waals surface area contributed by atoms with Gasteiger partial charge in [-0.3, -0.25) is 0 Å². The molecule has 1 saturated heterocycles. The molecule has 2 atom stereocenters. The van der Waals surface area contributed by atoms with Crippen molar-refractivity contribution in [2.75, 3.05) is 0 Å². The van der Waals surface area contributed by atoms with Crippen molar-refractivity contribution in [2.45, 2.75) is 31.9 Å². The topological polar surface area (TPSA) is 32.3 Å². The van der Waals surface area contributed by atoms with Crippen LogP contribution in [0.5, 0.6) is 0 Å². The summed E-state index contributed by atoms with van der Waals surface area (Å²) in [6, 6.07) is 0.326. The molecule has 52 valence electrons. The lowest BCUT2D eigenvalue weighted by Gasteiger charge is -2.12. The van der Waals surface area contributed by atoms with Crippen LogP contribution < -0.4 is 5.32 Å². The van der Waals surface area contributed by atoms with E-state index in [1.807, 2.05) is 6.92 Å². The van der Waals surface area contributed by atoms with E-state index < -0.39 is 5.60 Å². The monoisotopic (exact) mass is 145 g/mol. The predicted octanol–water partition coefficient (Wildman–Crippen LogP) is 0.447. The Kier molecular flexibility index (Phi) is 1.49. The van der Waals surface area contributed by atoms with Crippen LogP contribution in [0.25, 0.3) is 0 Å². The lowest BCUT2D eigenvalue weighted by Crippen LogP contribution is -2.32. The van der Waals surface area contributed by atoms with Crippen molar-refractivity contribution in [1.29, 1.82) is 0 Å². The van der Waals surface area contributed by atoms with E-state index in [0.717, 1.165) is 6.42 Å². The molecule has 0 radical (unpaired) electrons. The first-order chi connectivity index (χ1) is 4.02. The van der Waals surface area contributed by atoms with Crippen molar-refractivity contribution in [3.05, 3.63) is 0 Å². The molecular formula is C6H11NOS. The van der Waals surface area contributed by atoms with E-state index in [4.69, 9.17) is 12.2 Å². The van der Waals surface area contributed by atoms with Crippen LogP contribution in [0.4, 0.5) is 0 Å². The second-order valence-corrected chi connectivity index (χ2v) is 3.26. The smallest absolute Gasteiger partial charge is 0.114 e. The molecule has 0 unspecified atom stereocenters. The van der Waals surface area contributed by atoms with Gasteiger partial charge in [0, 0.05) is 12.5 Å². The van der Waals surface area contributed by atoms with Gasteiger partial charge in [-0.15, -0.1) is 0 Å². The largest absolute Gasteiger partial charge is 0.383 e. The van der Waals surface area contributed by atoms with Gasteiger partial charge >= 0.3 is 0 Å². The fraction of sp³-hybridized carbons (Fsp3) is 0.833. The molecule has 1 aliphatic rings. The molecule has 0 spiro atoms. The van der Waals surface area contributed by atoms with Crippen LogP contribution in [0.2, 0.25) is 0 Å². The Hall–Kier alpha value is -0.150. The number of aliphatic hydroxyl groups is 1. The predicted molar refractivity (Wildman–Crippen MR) is 40.4 cm³/mol. The fourth-order valence-electron chi connectivity index (χ4n) is 1.12. The molecule has 9 heavy (non-hydrogen) atoms. The lowest BCUT2D eigenvalue weighted by molar-refractivity contribution is 0.133. The first-order valence-electron chi connectivity index (χ1n) is 3.06. The van der Waals surface area contributed by atoms with Gasteiger partial charge in [0.15, 0.2) is 0 Å².